The molecule has 4 nitrogen and oxygen atoms in total. The fourth-order valence-corrected chi connectivity index (χ4v) is 2.54. The van der Waals surface area contributed by atoms with E-state index >= 15 is 0 Å². The summed E-state index contributed by atoms with van der Waals surface area (Å²) in [6, 6.07) is 8.46. The molecule has 1 aromatic heterocycles. The molecule has 0 amide bonds. The van der Waals surface area contributed by atoms with E-state index in [-0.39, 0.29) is 0 Å². The van der Waals surface area contributed by atoms with Gasteiger partial charge in [-0.25, -0.2) is 4.98 Å². The highest BCUT2D eigenvalue weighted by molar-refractivity contribution is 5.68. The minimum absolute atomic E-state index is 0.830. The van der Waals surface area contributed by atoms with E-state index in [0.717, 1.165) is 28.7 Å². The Hall–Kier alpha value is -2.75. The number of anilines is 1. The Balaban J connectivity index is 2.11. The van der Waals surface area contributed by atoms with E-state index in [1.54, 1.807) is 0 Å². The summed E-state index contributed by atoms with van der Waals surface area (Å²) in [6.07, 6.45) is 9.92. The topological polar surface area (TPSA) is 41.9 Å². The molecule has 2 aromatic rings. The quantitative estimate of drug-likeness (QED) is 0.909. The van der Waals surface area contributed by atoms with Crippen LogP contribution in [-0.4, -0.2) is 16.6 Å². The Labute approximate surface area is 130 Å². The molecule has 0 fully saturated rings. The van der Waals surface area contributed by atoms with Crippen LogP contribution in [0.1, 0.15) is 17.0 Å². The number of nitrogens with one attached hydrogen (secondary N) is 2. The molecule has 3 rings (SSSR count). The number of hydrogen-bond acceptors (Lipinski definition) is 3. The predicted octanol–water partition coefficient (Wildman–Crippen LogP) is 3.54. The summed E-state index contributed by atoms with van der Waals surface area (Å²) in [7, 11) is 1.89. The Morgan fingerprint density at radius 2 is 1.82 bits per heavy atom. The lowest BCUT2D eigenvalue weighted by atomic mass is 10.2. The van der Waals surface area contributed by atoms with Gasteiger partial charge in [0, 0.05) is 18.9 Å². The normalized spacial score (nSPS) is 13.5. The highest BCUT2D eigenvalue weighted by Gasteiger charge is 2.17. The van der Waals surface area contributed by atoms with Gasteiger partial charge < -0.3 is 10.6 Å². The van der Waals surface area contributed by atoms with E-state index in [4.69, 9.17) is 4.98 Å². The number of nitrogens with zero attached hydrogens (tertiary/aromatic N) is 2. The minimum atomic E-state index is 0.830. The first-order valence-corrected chi connectivity index (χ1v) is 7.35. The van der Waals surface area contributed by atoms with Crippen molar-refractivity contribution in [3.05, 3.63) is 71.7 Å². The molecule has 0 radical (unpaired) electrons. The largest absolute Gasteiger partial charge is 0.360 e. The molecule has 2 heterocycles. The van der Waals surface area contributed by atoms with Crippen LogP contribution in [0.5, 0.6) is 0 Å². The van der Waals surface area contributed by atoms with E-state index in [0.29, 0.717) is 0 Å². The third-order valence-corrected chi connectivity index (χ3v) is 3.70. The number of allylic oxidation sites excluding steroid dienone is 4. The van der Waals surface area contributed by atoms with Crippen molar-refractivity contribution in [1.29, 1.82) is 0 Å². The summed E-state index contributed by atoms with van der Waals surface area (Å²) < 4.78 is 2.13. The van der Waals surface area contributed by atoms with Gasteiger partial charge in [-0.1, -0.05) is 29.8 Å². The summed E-state index contributed by atoms with van der Waals surface area (Å²) in [4.78, 5) is 4.75. The van der Waals surface area contributed by atoms with Crippen LogP contribution in [-0.2, 0) is 0 Å². The van der Waals surface area contributed by atoms with Gasteiger partial charge in [0.2, 0.25) is 5.95 Å². The lowest BCUT2D eigenvalue weighted by Crippen LogP contribution is -2.05. The zero-order valence-corrected chi connectivity index (χ0v) is 13.1. The fraction of sp³-hybridized carbons (Fsp3) is 0.167. The average molecular weight is 292 g/mol. The first-order chi connectivity index (χ1) is 10.7. The van der Waals surface area contributed by atoms with Gasteiger partial charge in [-0.15, -0.1) is 0 Å². The number of rotatable bonds is 3. The number of hydrogen-bond donors (Lipinski definition) is 2. The van der Waals surface area contributed by atoms with E-state index in [2.05, 4.69) is 53.3 Å². The second-order valence-electron chi connectivity index (χ2n) is 5.26. The third kappa shape index (κ3) is 2.55. The van der Waals surface area contributed by atoms with E-state index < -0.39 is 0 Å². The number of aromatic nitrogens is 2. The van der Waals surface area contributed by atoms with Crippen LogP contribution in [0.3, 0.4) is 0 Å². The lowest BCUT2D eigenvalue weighted by Gasteiger charge is -2.10. The Morgan fingerprint density at radius 1 is 1.05 bits per heavy atom. The maximum atomic E-state index is 4.75. The molecule has 0 spiro atoms. The van der Waals surface area contributed by atoms with Crippen LogP contribution in [0.25, 0.3) is 11.4 Å². The highest BCUT2D eigenvalue weighted by Crippen LogP contribution is 2.25. The van der Waals surface area contributed by atoms with Crippen molar-refractivity contribution in [3.8, 4) is 5.69 Å². The van der Waals surface area contributed by atoms with E-state index in [1.807, 2.05) is 37.6 Å². The maximum absolute atomic E-state index is 4.75. The monoisotopic (exact) mass is 292 g/mol. The van der Waals surface area contributed by atoms with Crippen molar-refractivity contribution in [2.24, 2.45) is 0 Å². The molecule has 22 heavy (non-hydrogen) atoms. The Morgan fingerprint density at radius 3 is 2.55 bits per heavy atom. The van der Waals surface area contributed by atoms with Gasteiger partial charge >= 0.3 is 0 Å². The molecule has 1 aliphatic rings. The summed E-state index contributed by atoms with van der Waals surface area (Å²) in [5.74, 6) is 0.830. The summed E-state index contributed by atoms with van der Waals surface area (Å²) in [5.41, 5.74) is 5.38. The highest BCUT2D eigenvalue weighted by atomic mass is 15.2. The van der Waals surface area contributed by atoms with Crippen LogP contribution in [0.4, 0.5) is 5.95 Å². The summed E-state index contributed by atoms with van der Waals surface area (Å²) in [6.45, 7) is 4.18. The smallest absolute Gasteiger partial charge is 0.208 e. The summed E-state index contributed by atoms with van der Waals surface area (Å²) in [5, 5.41) is 6.46. The maximum Gasteiger partial charge on any atom is 0.208 e. The van der Waals surface area contributed by atoms with Gasteiger partial charge in [0.1, 0.15) is 5.69 Å². The molecule has 0 bridgehead atoms. The molecule has 0 aliphatic carbocycles. The minimum Gasteiger partial charge on any atom is -0.360 e. The second-order valence-corrected chi connectivity index (χ2v) is 5.26. The van der Waals surface area contributed by atoms with Gasteiger partial charge in [-0.3, -0.25) is 4.57 Å². The molecule has 0 unspecified atom stereocenters. The van der Waals surface area contributed by atoms with Crippen molar-refractivity contribution < 1.29 is 0 Å². The number of imidazole rings is 1. The zero-order chi connectivity index (χ0) is 15.5. The van der Waals surface area contributed by atoms with Crippen LogP contribution in [0.15, 0.2) is 54.8 Å². The molecule has 112 valence electrons. The van der Waals surface area contributed by atoms with E-state index in [9.17, 15) is 0 Å². The molecule has 4 heteroatoms. The standard InChI is InChI=1S/C18H20N4/c1-13-8-10-15(11-9-13)22-14(2)17(21-18(22)19-3)16-7-5-4-6-12-20-16/h4-12,20H,1-3H3,(H,19,21). The SMILES string of the molecule is CNc1nc(C2=CC=CC=CN2)c(C)n1-c1ccc(C)cc1. The van der Waals surface area contributed by atoms with Gasteiger partial charge in [0.25, 0.3) is 0 Å². The van der Waals surface area contributed by atoms with Gasteiger partial charge in [0.15, 0.2) is 0 Å². The van der Waals surface area contributed by atoms with Crippen molar-refractivity contribution in [2.75, 3.05) is 12.4 Å². The van der Waals surface area contributed by atoms with Crippen LogP contribution in [0.2, 0.25) is 0 Å². The molecule has 0 saturated carbocycles. The number of aryl methyl sites for hydroxylation is 1. The van der Waals surface area contributed by atoms with Crippen molar-refractivity contribution >= 4 is 11.6 Å². The van der Waals surface area contributed by atoms with Gasteiger partial charge in [0.05, 0.1) is 11.4 Å². The third-order valence-electron chi connectivity index (χ3n) is 3.70. The lowest BCUT2D eigenvalue weighted by molar-refractivity contribution is 1.00. The molecule has 0 saturated heterocycles. The number of benzene rings is 1. The van der Waals surface area contributed by atoms with Crippen molar-refractivity contribution in [1.82, 2.24) is 14.9 Å². The molecule has 0 atom stereocenters. The molecular weight excluding hydrogens is 272 g/mol. The first kappa shape index (κ1) is 14.2. The van der Waals surface area contributed by atoms with Crippen LogP contribution < -0.4 is 10.6 Å². The summed E-state index contributed by atoms with van der Waals surface area (Å²) >= 11 is 0. The average Bonchev–Trinajstić information content (AvgIpc) is 2.71. The van der Waals surface area contributed by atoms with Gasteiger partial charge in [-0.2, -0.15) is 0 Å². The van der Waals surface area contributed by atoms with Crippen LogP contribution >= 0.6 is 0 Å². The van der Waals surface area contributed by atoms with Gasteiger partial charge in [-0.05, 0) is 38.1 Å². The molecule has 1 aliphatic heterocycles. The van der Waals surface area contributed by atoms with Crippen LogP contribution in [0, 0.1) is 13.8 Å². The zero-order valence-electron chi connectivity index (χ0n) is 13.1. The Bertz CT molecular complexity index is 761. The Kier molecular flexibility index (Phi) is 3.83. The van der Waals surface area contributed by atoms with Crippen molar-refractivity contribution in [2.45, 2.75) is 13.8 Å². The predicted molar refractivity (Wildman–Crippen MR) is 92.0 cm³/mol. The molecule has 2 N–H and O–H groups in total. The first-order valence-electron chi connectivity index (χ1n) is 7.35. The second kappa shape index (κ2) is 5.93. The van der Waals surface area contributed by atoms with E-state index in [1.165, 1.54) is 5.56 Å². The van der Waals surface area contributed by atoms with Crippen molar-refractivity contribution in [3.63, 3.8) is 0 Å². The molecule has 1 aromatic carbocycles. The molecular formula is C18H20N4. The fourth-order valence-electron chi connectivity index (χ4n) is 2.54.